The van der Waals surface area contributed by atoms with Crippen molar-refractivity contribution in [2.45, 2.75) is 44.6 Å². The molecule has 304 valence electrons. The fraction of sp³-hybridized carbons (Fsp3) is 0.439. The molecule has 0 saturated carbocycles. The molecule has 2 atom stereocenters. The number of pyridine rings is 1. The molecule has 3 N–H and O–H groups in total. The van der Waals surface area contributed by atoms with E-state index in [1.165, 1.54) is 11.6 Å². The van der Waals surface area contributed by atoms with Crippen molar-refractivity contribution in [1.82, 2.24) is 39.8 Å². The molecular weight excluding hydrogens is 762 g/mol. The van der Waals surface area contributed by atoms with E-state index in [0.29, 0.717) is 47.1 Å². The quantitative estimate of drug-likeness (QED) is 0.175. The van der Waals surface area contributed by atoms with Gasteiger partial charge in [0.05, 0.1) is 28.8 Å². The standard InChI is InChI=1S/C41H48ClN11O5/c1-24-21-53(41-44-20-31(42)38(47-41)45-27-5-9-32-26(17-27)18-34(40(57)49(32)3)58-23-36(55)43-2)16-15-52(24)22-25-11-13-51(14-12-25)28-6-7-29-33(19-28)50(4)48-37(29)30-8-10-35(54)46-39(30)56/h5-7,9,17-20,24-25,30H,8,10-16,21-23H2,1-4H3,(H,43,55)(H,44,45,47)(H,46,54,56). The van der Waals surface area contributed by atoms with E-state index in [1.54, 1.807) is 19.3 Å². The number of fused-ring (bicyclic) bond motifs is 2. The third-order valence-corrected chi connectivity index (χ3v) is 12.1. The number of carbonyl (C=O) groups excluding carboxylic acids is 3. The minimum Gasteiger partial charge on any atom is -0.478 e. The first-order valence-electron chi connectivity index (χ1n) is 19.8. The lowest BCUT2D eigenvalue weighted by atomic mass is 9.92. The Bertz CT molecular complexity index is 2460. The van der Waals surface area contributed by atoms with Crippen LogP contribution in [-0.2, 0) is 28.5 Å². The van der Waals surface area contributed by atoms with Crippen molar-refractivity contribution >= 4 is 74.3 Å². The number of likely N-dealkylation sites (N-methyl/N-ethyl adjacent to an activating group) is 1. The Balaban J connectivity index is 0.867. The molecule has 3 fully saturated rings. The number of aryl methyl sites for hydroxylation is 2. The number of imide groups is 1. The van der Waals surface area contributed by atoms with Crippen molar-refractivity contribution in [2.24, 2.45) is 20.0 Å². The summed E-state index contributed by atoms with van der Waals surface area (Å²) < 4.78 is 8.86. The smallest absolute Gasteiger partial charge is 0.293 e. The lowest BCUT2D eigenvalue weighted by Crippen LogP contribution is -2.54. The Morgan fingerprint density at radius 3 is 2.55 bits per heavy atom. The van der Waals surface area contributed by atoms with E-state index >= 15 is 0 Å². The summed E-state index contributed by atoms with van der Waals surface area (Å²) in [7, 11) is 5.09. The Hall–Kier alpha value is -5.74. The van der Waals surface area contributed by atoms with Crippen LogP contribution in [-0.4, -0.2) is 106 Å². The van der Waals surface area contributed by atoms with Gasteiger partial charge in [0.25, 0.3) is 11.5 Å². The van der Waals surface area contributed by atoms with Gasteiger partial charge in [0.15, 0.2) is 18.2 Å². The molecule has 3 saturated heterocycles. The SMILES string of the molecule is CNC(=O)COc1cc2cc(Nc3nc(N4CCN(CC5CCN(c6ccc7c(C8CCC(=O)NC8=O)nn(C)c7c6)CC5)C(C)C4)ncc3Cl)ccc2n(C)c1=O. The number of carbonyl (C=O) groups is 3. The van der Waals surface area contributed by atoms with Crippen molar-refractivity contribution in [3.63, 3.8) is 0 Å². The van der Waals surface area contributed by atoms with E-state index in [9.17, 15) is 19.2 Å². The number of aromatic nitrogens is 5. The van der Waals surface area contributed by atoms with E-state index in [0.717, 1.165) is 85.5 Å². The average molecular weight is 810 g/mol. The van der Waals surface area contributed by atoms with Gasteiger partial charge in [-0.15, -0.1) is 0 Å². The molecule has 0 spiro atoms. The Kier molecular flexibility index (Phi) is 11.0. The summed E-state index contributed by atoms with van der Waals surface area (Å²) in [6.07, 6.45) is 4.63. The van der Waals surface area contributed by atoms with Gasteiger partial charge in [0.2, 0.25) is 17.8 Å². The van der Waals surface area contributed by atoms with Crippen LogP contribution in [0.15, 0.2) is 53.5 Å². The molecule has 0 aliphatic carbocycles. The zero-order valence-corrected chi connectivity index (χ0v) is 33.9. The molecule has 0 bridgehead atoms. The second-order valence-electron chi connectivity index (χ2n) is 15.5. The van der Waals surface area contributed by atoms with Gasteiger partial charge in [-0.2, -0.15) is 10.1 Å². The first kappa shape index (κ1) is 39.1. The molecule has 17 heteroatoms. The molecule has 2 unspecified atom stereocenters. The van der Waals surface area contributed by atoms with Gasteiger partial charge in [-0.1, -0.05) is 11.6 Å². The van der Waals surface area contributed by atoms with Gasteiger partial charge in [-0.3, -0.25) is 34.1 Å². The van der Waals surface area contributed by atoms with Crippen LogP contribution < -0.4 is 36.0 Å². The third kappa shape index (κ3) is 7.90. The number of benzene rings is 2. The summed E-state index contributed by atoms with van der Waals surface area (Å²) in [6.45, 7) is 7.46. The highest BCUT2D eigenvalue weighted by Crippen LogP contribution is 2.34. The topological polar surface area (TPSA) is 172 Å². The van der Waals surface area contributed by atoms with Gasteiger partial charge in [0.1, 0.15) is 5.02 Å². The molecule has 16 nitrogen and oxygen atoms in total. The maximum Gasteiger partial charge on any atom is 0.293 e. The molecular formula is C41H48ClN11O5. The number of rotatable bonds is 10. The average Bonchev–Trinajstić information content (AvgIpc) is 3.55. The predicted octanol–water partition coefficient (Wildman–Crippen LogP) is 3.68. The Labute approximate surface area is 340 Å². The zero-order chi connectivity index (χ0) is 40.7. The van der Waals surface area contributed by atoms with Crippen LogP contribution in [0.5, 0.6) is 5.75 Å². The first-order chi connectivity index (χ1) is 27.9. The number of anilines is 4. The number of ether oxygens (including phenoxy) is 1. The third-order valence-electron chi connectivity index (χ3n) is 11.8. The van der Waals surface area contributed by atoms with Crippen LogP contribution in [0.2, 0.25) is 5.02 Å². The number of nitrogens with one attached hydrogen (secondary N) is 3. The summed E-state index contributed by atoms with van der Waals surface area (Å²) >= 11 is 6.59. The van der Waals surface area contributed by atoms with Crippen molar-refractivity contribution in [2.75, 3.05) is 68.0 Å². The zero-order valence-electron chi connectivity index (χ0n) is 33.1. The van der Waals surface area contributed by atoms with Crippen LogP contribution in [0.1, 0.15) is 44.2 Å². The number of halogens is 1. The Morgan fingerprint density at radius 2 is 1.79 bits per heavy atom. The number of amides is 3. The number of hydrogen-bond donors (Lipinski definition) is 3. The molecule has 8 rings (SSSR count). The first-order valence-corrected chi connectivity index (χ1v) is 20.1. The summed E-state index contributed by atoms with van der Waals surface area (Å²) in [5.74, 6) is 0.527. The number of nitrogens with zero attached hydrogens (tertiary/aromatic N) is 8. The van der Waals surface area contributed by atoms with Crippen LogP contribution >= 0.6 is 11.6 Å². The minimum atomic E-state index is -0.414. The van der Waals surface area contributed by atoms with Gasteiger partial charge in [0, 0.05) is 95.0 Å². The molecule has 3 amide bonds. The highest BCUT2D eigenvalue weighted by molar-refractivity contribution is 6.33. The number of piperidine rings is 2. The van der Waals surface area contributed by atoms with Gasteiger partial charge >= 0.3 is 0 Å². The van der Waals surface area contributed by atoms with E-state index in [-0.39, 0.29) is 35.6 Å². The van der Waals surface area contributed by atoms with Crippen LogP contribution in [0, 0.1) is 5.92 Å². The molecule has 3 aliphatic rings. The molecule has 58 heavy (non-hydrogen) atoms. The summed E-state index contributed by atoms with van der Waals surface area (Å²) in [4.78, 5) is 65.5. The summed E-state index contributed by atoms with van der Waals surface area (Å²) in [6, 6.07) is 13.9. The molecule has 6 heterocycles. The number of piperazine rings is 1. The van der Waals surface area contributed by atoms with Crippen molar-refractivity contribution in [3.8, 4) is 5.75 Å². The maximum atomic E-state index is 12.8. The van der Waals surface area contributed by atoms with Crippen molar-refractivity contribution in [3.05, 3.63) is 69.7 Å². The van der Waals surface area contributed by atoms with Gasteiger partial charge in [-0.05, 0) is 74.6 Å². The minimum absolute atomic E-state index is 0.0837. The highest BCUT2D eigenvalue weighted by Gasteiger charge is 2.33. The van der Waals surface area contributed by atoms with Crippen LogP contribution in [0.4, 0.5) is 23.1 Å². The van der Waals surface area contributed by atoms with E-state index in [2.05, 4.69) is 60.8 Å². The van der Waals surface area contributed by atoms with Crippen LogP contribution in [0.25, 0.3) is 21.8 Å². The highest BCUT2D eigenvalue weighted by atomic mass is 35.5. The molecule has 0 radical (unpaired) electrons. The molecule has 3 aliphatic heterocycles. The van der Waals surface area contributed by atoms with E-state index in [1.807, 2.05) is 29.9 Å². The lowest BCUT2D eigenvalue weighted by molar-refractivity contribution is -0.134. The fourth-order valence-electron chi connectivity index (χ4n) is 8.42. The Morgan fingerprint density at radius 1 is 0.983 bits per heavy atom. The fourth-order valence-corrected chi connectivity index (χ4v) is 8.56. The van der Waals surface area contributed by atoms with Crippen molar-refractivity contribution in [1.29, 1.82) is 0 Å². The largest absolute Gasteiger partial charge is 0.478 e. The van der Waals surface area contributed by atoms with Crippen molar-refractivity contribution < 1.29 is 19.1 Å². The molecule has 5 aromatic rings. The monoisotopic (exact) mass is 809 g/mol. The summed E-state index contributed by atoms with van der Waals surface area (Å²) in [5.41, 5.74) is 3.98. The second-order valence-corrected chi connectivity index (χ2v) is 15.9. The van der Waals surface area contributed by atoms with E-state index in [4.69, 9.17) is 26.4 Å². The molecule has 2 aromatic carbocycles. The van der Waals surface area contributed by atoms with Gasteiger partial charge in [-0.25, -0.2) is 4.98 Å². The molecule has 3 aromatic heterocycles. The second kappa shape index (κ2) is 16.3. The van der Waals surface area contributed by atoms with E-state index < -0.39 is 5.92 Å². The maximum absolute atomic E-state index is 12.8. The predicted molar refractivity (Wildman–Crippen MR) is 223 cm³/mol. The van der Waals surface area contributed by atoms with Gasteiger partial charge < -0.3 is 29.7 Å². The number of hydrogen-bond acceptors (Lipinski definition) is 12. The van der Waals surface area contributed by atoms with Crippen LogP contribution in [0.3, 0.4) is 0 Å². The summed E-state index contributed by atoms with van der Waals surface area (Å²) in [5, 5.41) is 15.1. The normalized spacial score (nSPS) is 19.5. The lowest BCUT2D eigenvalue weighted by Gasteiger charge is -2.43.